The van der Waals surface area contributed by atoms with E-state index in [0.717, 1.165) is 23.8 Å². The lowest BCUT2D eigenvalue weighted by molar-refractivity contribution is 0.0701. The summed E-state index contributed by atoms with van der Waals surface area (Å²) in [5.74, 6) is 1.53. The van der Waals surface area contributed by atoms with Crippen molar-refractivity contribution in [2.24, 2.45) is 0 Å². The van der Waals surface area contributed by atoms with Crippen molar-refractivity contribution >= 4 is 21.8 Å². The predicted octanol–water partition coefficient (Wildman–Crippen LogP) is 4.41. The van der Waals surface area contributed by atoms with E-state index in [-0.39, 0.29) is 17.9 Å². The second-order valence-electron chi connectivity index (χ2n) is 5.25. The van der Waals surface area contributed by atoms with Crippen LogP contribution in [-0.4, -0.2) is 10.8 Å². The van der Waals surface area contributed by atoms with Crippen LogP contribution in [0.1, 0.15) is 33.9 Å². The molecule has 0 fully saturated rings. The number of carbonyl (C=O) groups is 1. The number of carbonyl (C=O) groups excluding carboxylic acids is 1. The second kappa shape index (κ2) is 6.51. The summed E-state index contributed by atoms with van der Waals surface area (Å²) in [6, 6.07) is 9.87. The topological polar surface area (TPSA) is 20.3 Å². The van der Waals surface area contributed by atoms with Gasteiger partial charge in [-0.05, 0) is 34.7 Å². The van der Waals surface area contributed by atoms with Gasteiger partial charge in [0.25, 0.3) is 5.91 Å². The van der Waals surface area contributed by atoms with Crippen LogP contribution in [0.4, 0.5) is 8.78 Å². The van der Waals surface area contributed by atoms with Crippen LogP contribution < -0.4 is 0 Å². The summed E-state index contributed by atoms with van der Waals surface area (Å²) in [5, 5.41) is 0. The molecular formula is C18H12BrF2NO. The minimum absolute atomic E-state index is 0.140. The molecule has 1 aliphatic heterocycles. The quantitative estimate of drug-likeness (QED) is 0.727. The van der Waals surface area contributed by atoms with Crippen molar-refractivity contribution in [3.05, 3.63) is 70.8 Å². The minimum atomic E-state index is -0.643. The molecule has 0 bridgehead atoms. The monoisotopic (exact) mass is 375 g/mol. The zero-order valence-corrected chi connectivity index (χ0v) is 13.6. The van der Waals surface area contributed by atoms with E-state index in [0.29, 0.717) is 12.1 Å². The SMILES string of the molecule is O=C1c2ccccc2CN1C(CC#CBr)c1cc(F)ccc1F. The van der Waals surface area contributed by atoms with Crippen LogP contribution in [0.25, 0.3) is 0 Å². The van der Waals surface area contributed by atoms with Gasteiger partial charge in [-0.2, -0.15) is 0 Å². The van der Waals surface area contributed by atoms with Crippen LogP contribution >= 0.6 is 15.9 Å². The Morgan fingerprint density at radius 1 is 1.22 bits per heavy atom. The van der Waals surface area contributed by atoms with E-state index in [1.807, 2.05) is 12.1 Å². The van der Waals surface area contributed by atoms with E-state index in [1.54, 1.807) is 17.0 Å². The highest BCUT2D eigenvalue weighted by Crippen LogP contribution is 2.34. The lowest BCUT2D eigenvalue weighted by atomic mass is 10.0. The zero-order valence-electron chi connectivity index (χ0n) is 12.0. The third kappa shape index (κ3) is 2.99. The Kier molecular flexibility index (Phi) is 4.44. The number of fused-ring (bicyclic) bond motifs is 1. The van der Waals surface area contributed by atoms with Crippen LogP contribution in [0, 0.1) is 22.4 Å². The molecule has 2 nitrogen and oxygen atoms in total. The van der Waals surface area contributed by atoms with E-state index < -0.39 is 17.7 Å². The van der Waals surface area contributed by atoms with Gasteiger partial charge in [-0.25, -0.2) is 8.78 Å². The van der Waals surface area contributed by atoms with Gasteiger partial charge in [-0.3, -0.25) is 4.79 Å². The molecule has 1 heterocycles. The molecule has 5 heteroatoms. The molecule has 116 valence electrons. The molecule has 0 aromatic heterocycles. The molecule has 0 saturated heterocycles. The number of hydrogen-bond donors (Lipinski definition) is 0. The molecule has 1 atom stereocenters. The number of benzene rings is 2. The Balaban J connectivity index is 2.02. The van der Waals surface area contributed by atoms with Crippen molar-refractivity contribution in [1.29, 1.82) is 0 Å². The zero-order chi connectivity index (χ0) is 16.4. The highest BCUT2D eigenvalue weighted by molar-refractivity contribution is 9.12. The summed E-state index contributed by atoms with van der Waals surface area (Å²) < 4.78 is 27.8. The fraction of sp³-hybridized carbons (Fsp3) is 0.167. The average Bonchev–Trinajstić information content (AvgIpc) is 2.88. The summed E-state index contributed by atoms with van der Waals surface area (Å²) in [6.07, 6.45) is 0.214. The molecule has 3 rings (SSSR count). The highest BCUT2D eigenvalue weighted by atomic mass is 79.9. The Bertz CT molecular complexity index is 825. The first-order valence-electron chi connectivity index (χ1n) is 7.04. The summed E-state index contributed by atoms with van der Waals surface area (Å²) in [7, 11) is 0. The standard InChI is InChI=1S/C18H12BrF2NO/c19-9-3-6-17(15-10-13(20)7-8-16(15)21)22-11-12-4-1-2-5-14(12)18(22)23/h1-2,4-5,7-8,10,17H,6,11H2. The Morgan fingerprint density at radius 2 is 2.00 bits per heavy atom. The van der Waals surface area contributed by atoms with Gasteiger partial charge in [0.1, 0.15) is 11.6 Å². The molecule has 2 aromatic rings. The maximum absolute atomic E-state index is 14.2. The van der Waals surface area contributed by atoms with Crippen LogP contribution in [0.2, 0.25) is 0 Å². The van der Waals surface area contributed by atoms with E-state index in [2.05, 4.69) is 26.7 Å². The Morgan fingerprint density at radius 3 is 2.74 bits per heavy atom. The number of nitrogens with zero attached hydrogens (tertiary/aromatic N) is 1. The largest absolute Gasteiger partial charge is 0.326 e. The van der Waals surface area contributed by atoms with Crippen LogP contribution in [0.15, 0.2) is 42.5 Å². The van der Waals surface area contributed by atoms with E-state index in [4.69, 9.17) is 0 Å². The molecule has 0 spiro atoms. The molecule has 0 N–H and O–H groups in total. The lowest BCUT2D eigenvalue weighted by Crippen LogP contribution is -2.29. The smallest absolute Gasteiger partial charge is 0.255 e. The third-order valence-electron chi connectivity index (χ3n) is 3.90. The maximum Gasteiger partial charge on any atom is 0.255 e. The van der Waals surface area contributed by atoms with Crippen molar-refractivity contribution < 1.29 is 13.6 Å². The van der Waals surface area contributed by atoms with Crippen LogP contribution in [-0.2, 0) is 6.54 Å². The normalized spacial score (nSPS) is 14.2. The van der Waals surface area contributed by atoms with Gasteiger partial charge in [-0.15, -0.1) is 0 Å². The van der Waals surface area contributed by atoms with Crippen LogP contribution in [0.5, 0.6) is 0 Å². The predicted molar refractivity (Wildman–Crippen MR) is 86.7 cm³/mol. The van der Waals surface area contributed by atoms with E-state index in [1.165, 1.54) is 0 Å². The average molecular weight is 376 g/mol. The van der Waals surface area contributed by atoms with Crippen molar-refractivity contribution in [2.75, 3.05) is 0 Å². The number of halogens is 3. The second-order valence-corrected chi connectivity index (χ2v) is 5.64. The number of amides is 1. The molecule has 1 unspecified atom stereocenters. The van der Waals surface area contributed by atoms with Gasteiger partial charge in [0.05, 0.1) is 6.04 Å². The van der Waals surface area contributed by atoms with Crippen molar-refractivity contribution in [1.82, 2.24) is 4.90 Å². The molecule has 1 amide bonds. The molecule has 0 aliphatic carbocycles. The summed E-state index contributed by atoms with van der Waals surface area (Å²) in [6.45, 7) is 0.361. The first kappa shape index (κ1) is 15.7. The first-order valence-corrected chi connectivity index (χ1v) is 7.83. The Hall–Kier alpha value is -2.19. The maximum atomic E-state index is 14.2. The fourth-order valence-electron chi connectivity index (χ4n) is 2.82. The molecule has 0 saturated carbocycles. The summed E-state index contributed by atoms with van der Waals surface area (Å²) in [4.78, 5) is 16.7. The Labute approximate surface area is 141 Å². The molecular weight excluding hydrogens is 364 g/mol. The van der Waals surface area contributed by atoms with Gasteiger partial charge < -0.3 is 4.90 Å². The molecule has 1 aliphatic rings. The van der Waals surface area contributed by atoms with Gasteiger partial charge in [-0.1, -0.05) is 24.1 Å². The van der Waals surface area contributed by atoms with Gasteiger partial charge in [0.2, 0.25) is 0 Å². The fourth-order valence-corrected chi connectivity index (χ4v) is 2.98. The van der Waals surface area contributed by atoms with E-state index >= 15 is 0 Å². The number of rotatable bonds is 3. The van der Waals surface area contributed by atoms with Crippen molar-refractivity contribution in [3.63, 3.8) is 0 Å². The van der Waals surface area contributed by atoms with Crippen molar-refractivity contribution in [2.45, 2.75) is 19.0 Å². The lowest BCUT2D eigenvalue weighted by Gasteiger charge is -2.27. The van der Waals surface area contributed by atoms with Gasteiger partial charge in [0.15, 0.2) is 0 Å². The minimum Gasteiger partial charge on any atom is -0.326 e. The van der Waals surface area contributed by atoms with Crippen LogP contribution in [0.3, 0.4) is 0 Å². The first-order chi connectivity index (χ1) is 11.1. The van der Waals surface area contributed by atoms with Gasteiger partial charge in [0, 0.05) is 40.0 Å². The van der Waals surface area contributed by atoms with Crippen molar-refractivity contribution in [3.8, 4) is 10.8 Å². The highest BCUT2D eigenvalue weighted by Gasteiger charge is 2.34. The molecule has 2 aromatic carbocycles. The third-order valence-corrected chi connectivity index (χ3v) is 4.19. The number of hydrogen-bond acceptors (Lipinski definition) is 1. The molecule has 23 heavy (non-hydrogen) atoms. The van der Waals surface area contributed by atoms with Gasteiger partial charge >= 0.3 is 0 Å². The summed E-state index contributed by atoms with van der Waals surface area (Å²) >= 11 is 3.00. The van der Waals surface area contributed by atoms with E-state index in [9.17, 15) is 13.6 Å². The summed E-state index contributed by atoms with van der Waals surface area (Å²) in [5.41, 5.74) is 1.62. The molecule has 0 radical (unpaired) electrons.